The normalized spacial score (nSPS) is 25.0. The second kappa shape index (κ2) is 11.4. The molecular formula is C23H34N2O8. The molecule has 4 atom stereocenters. The van der Waals surface area contributed by atoms with Gasteiger partial charge in [-0.05, 0) is 12.8 Å². The SMILES string of the molecule is CC(C)C(=O)OC[C@H]1O[C@H](C2=C(C(N)=O)CCC=N2)[C@@H](OC(=O)C(C)C)[C@@H]1OC(=O)C(C)C. The molecule has 10 nitrogen and oxygen atoms in total. The summed E-state index contributed by atoms with van der Waals surface area (Å²) in [5, 5.41) is 0. The first-order chi connectivity index (χ1) is 15.4. The third-order valence-electron chi connectivity index (χ3n) is 5.25. The molecule has 1 saturated heterocycles. The fourth-order valence-corrected chi connectivity index (χ4v) is 3.30. The molecule has 2 aliphatic heterocycles. The van der Waals surface area contributed by atoms with E-state index in [1.54, 1.807) is 47.8 Å². The summed E-state index contributed by atoms with van der Waals surface area (Å²) in [7, 11) is 0. The molecule has 184 valence electrons. The Morgan fingerprint density at radius 3 is 2.03 bits per heavy atom. The van der Waals surface area contributed by atoms with Gasteiger partial charge in [0.05, 0.1) is 23.5 Å². The molecule has 0 aromatic rings. The molecular weight excluding hydrogens is 432 g/mol. The van der Waals surface area contributed by atoms with Crippen molar-refractivity contribution in [2.75, 3.05) is 6.61 Å². The van der Waals surface area contributed by atoms with Crippen molar-refractivity contribution in [1.82, 2.24) is 0 Å². The van der Waals surface area contributed by atoms with Crippen LogP contribution in [0.1, 0.15) is 54.4 Å². The van der Waals surface area contributed by atoms with Gasteiger partial charge in [0.2, 0.25) is 5.91 Å². The van der Waals surface area contributed by atoms with Crippen molar-refractivity contribution in [3.05, 3.63) is 11.3 Å². The van der Waals surface area contributed by atoms with Gasteiger partial charge in [-0.15, -0.1) is 0 Å². The first-order valence-electron chi connectivity index (χ1n) is 11.2. The van der Waals surface area contributed by atoms with E-state index in [4.69, 9.17) is 24.7 Å². The summed E-state index contributed by atoms with van der Waals surface area (Å²) >= 11 is 0. The number of amides is 1. The van der Waals surface area contributed by atoms with E-state index in [0.29, 0.717) is 12.8 Å². The smallest absolute Gasteiger partial charge is 0.308 e. The molecule has 0 aliphatic carbocycles. The molecule has 2 rings (SSSR count). The Bertz CT molecular complexity index is 830. The van der Waals surface area contributed by atoms with Crippen molar-refractivity contribution in [1.29, 1.82) is 0 Å². The lowest BCUT2D eigenvalue weighted by atomic mass is 9.97. The van der Waals surface area contributed by atoms with Crippen molar-refractivity contribution in [3.63, 3.8) is 0 Å². The number of aliphatic imine (C=N–C) groups is 1. The Kier molecular flexibility index (Phi) is 9.16. The topological polar surface area (TPSA) is 144 Å². The van der Waals surface area contributed by atoms with E-state index >= 15 is 0 Å². The number of carbonyl (C=O) groups excluding carboxylic acids is 4. The monoisotopic (exact) mass is 466 g/mol. The number of hydrogen-bond donors (Lipinski definition) is 1. The molecule has 0 aromatic carbocycles. The van der Waals surface area contributed by atoms with Crippen LogP contribution >= 0.6 is 0 Å². The largest absolute Gasteiger partial charge is 0.463 e. The zero-order valence-corrected chi connectivity index (χ0v) is 20.0. The van der Waals surface area contributed by atoms with Gasteiger partial charge in [-0.3, -0.25) is 24.2 Å². The van der Waals surface area contributed by atoms with E-state index in [1.807, 2.05) is 0 Å². The van der Waals surface area contributed by atoms with Gasteiger partial charge in [0, 0.05) is 11.8 Å². The van der Waals surface area contributed by atoms with Gasteiger partial charge >= 0.3 is 17.9 Å². The Morgan fingerprint density at radius 1 is 0.970 bits per heavy atom. The Balaban J connectivity index is 2.48. The Labute approximate surface area is 193 Å². The maximum absolute atomic E-state index is 12.5. The molecule has 1 amide bonds. The van der Waals surface area contributed by atoms with Crippen LogP contribution in [-0.4, -0.2) is 61.1 Å². The van der Waals surface area contributed by atoms with Crippen molar-refractivity contribution in [2.24, 2.45) is 28.5 Å². The van der Waals surface area contributed by atoms with Crippen LogP contribution in [0.25, 0.3) is 0 Å². The summed E-state index contributed by atoms with van der Waals surface area (Å²) in [4.78, 5) is 53.4. The first-order valence-corrected chi connectivity index (χ1v) is 11.2. The van der Waals surface area contributed by atoms with Crippen LogP contribution in [0.15, 0.2) is 16.3 Å². The fourth-order valence-electron chi connectivity index (χ4n) is 3.30. The van der Waals surface area contributed by atoms with E-state index in [-0.39, 0.29) is 23.8 Å². The third-order valence-corrected chi connectivity index (χ3v) is 5.25. The van der Waals surface area contributed by atoms with Gasteiger partial charge < -0.3 is 24.7 Å². The Morgan fingerprint density at radius 2 is 1.52 bits per heavy atom. The molecule has 0 spiro atoms. The maximum Gasteiger partial charge on any atom is 0.308 e. The summed E-state index contributed by atoms with van der Waals surface area (Å²) in [6.45, 7) is 9.79. The maximum atomic E-state index is 12.5. The average Bonchev–Trinajstić information content (AvgIpc) is 3.08. The number of nitrogens with two attached hydrogens (primary N) is 1. The average molecular weight is 467 g/mol. The minimum absolute atomic E-state index is 0.221. The fraction of sp³-hybridized carbons (Fsp3) is 0.696. The van der Waals surface area contributed by atoms with Crippen LogP contribution in [0.4, 0.5) is 0 Å². The first kappa shape index (κ1) is 26.5. The van der Waals surface area contributed by atoms with Crippen molar-refractivity contribution in [2.45, 2.75) is 78.8 Å². The zero-order valence-electron chi connectivity index (χ0n) is 20.0. The van der Waals surface area contributed by atoms with Gasteiger partial charge in [-0.1, -0.05) is 41.5 Å². The number of primary amides is 1. The second-order valence-electron chi connectivity index (χ2n) is 9.07. The highest BCUT2D eigenvalue weighted by Crippen LogP contribution is 2.36. The van der Waals surface area contributed by atoms with E-state index in [2.05, 4.69) is 4.99 Å². The predicted octanol–water partition coefficient (Wildman–Crippen LogP) is 1.69. The number of ether oxygens (including phenoxy) is 4. The van der Waals surface area contributed by atoms with E-state index in [9.17, 15) is 19.2 Å². The lowest BCUT2D eigenvalue weighted by Crippen LogP contribution is -2.43. The van der Waals surface area contributed by atoms with E-state index in [0.717, 1.165) is 0 Å². The van der Waals surface area contributed by atoms with E-state index in [1.165, 1.54) is 0 Å². The standard InChI is InChI=1S/C23H34N2O8/c1-11(2)21(27)30-10-15-17(32-22(28)12(3)4)19(33-23(29)13(5)6)18(31-15)16-14(20(24)26)8-7-9-25-16/h9,11-13,15,17-19H,7-8,10H2,1-6H3,(H2,24,26)/t15-,17-,18-,19+/m1/s1. The highest BCUT2D eigenvalue weighted by atomic mass is 16.7. The van der Waals surface area contributed by atoms with Crippen LogP contribution in [-0.2, 0) is 38.1 Å². The summed E-state index contributed by atoms with van der Waals surface area (Å²) in [6, 6.07) is 0. The number of nitrogens with zero attached hydrogens (tertiary/aromatic N) is 1. The molecule has 0 unspecified atom stereocenters. The van der Waals surface area contributed by atoms with Gasteiger partial charge in [-0.2, -0.15) is 0 Å². The summed E-state index contributed by atoms with van der Waals surface area (Å²) in [5.41, 5.74) is 6.03. The number of rotatable bonds is 9. The molecule has 2 heterocycles. The van der Waals surface area contributed by atoms with Crippen molar-refractivity contribution in [3.8, 4) is 0 Å². The minimum Gasteiger partial charge on any atom is -0.463 e. The summed E-state index contributed by atoms with van der Waals surface area (Å²) < 4.78 is 22.8. The van der Waals surface area contributed by atoms with Crippen LogP contribution in [0.3, 0.4) is 0 Å². The van der Waals surface area contributed by atoms with Gasteiger partial charge in [0.1, 0.15) is 18.8 Å². The molecule has 33 heavy (non-hydrogen) atoms. The van der Waals surface area contributed by atoms with Gasteiger partial charge in [-0.25, -0.2) is 0 Å². The quantitative estimate of drug-likeness (QED) is 0.399. The molecule has 0 bridgehead atoms. The third kappa shape index (κ3) is 6.63. The number of esters is 3. The zero-order chi connectivity index (χ0) is 24.9. The number of hydrogen-bond acceptors (Lipinski definition) is 9. The molecule has 2 N–H and O–H groups in total. The van der Waals surface area contributed by atoms with Gasteiger partial charge in [0.15, 0.2) is 12.2 Å². The highest BCUT2D eigenvalue weighted by molar-refractivity contribution is 5.94. The lowest BCUT2D eigenvalue weighted by Gasteiger charge is -2.27. The summed E-state index contributed by atoms with van der Waals surface area (Å²) in [6.07, 6.45) is -1.66. The predicted molar refractivity (Wildman–Crippen MR) is 118 cm³/mol. The lowest BCUT2D eigenvalue weighted by molar-refractivity contribution is -0.172. The summed E-state index contributed by atoms with van der Waals surface area (Å²) in [5.74, 6) is -3.50. The second-order valence-corrected chi connectivity index (χ2v) is 9.07. The van der Waals surface area contributed by atoms with Crippen LogP contribution < -0.4 is 5.73 Å². The molecule has 10 heteroatoms. The van der Waals surface area contributed by atoms with Crippen LogP contribution in [0, 0.1) is 17.8 Å². The Hall–Kier alpha value is -2.75. The van der Waals surface area contributed by atoms with Gasteiger partial charge in [0.25, 0.3) is 0 Å². The van der Waals surface area contributed by atoms with Crippen molar-refractivity contribution < 1.29 is 38.1 Å². The molecule has 0 radical (unpaired) electrons. The minimum atomic E-state index is -1.11. The van der Waals surface area contributed by atoms with Crippen molar-refractivity contribution >= 4 is 30.0 Å². The molecule has 1 fully saturated rings. The van der Waals surface area contributed by atoms with Crippen LogP contribution in [0.2, 0.25) is 0 Å². The van der Waals surface area contributed by atoms with E-state index < -0.39 is 60.1 Å². The number of carbonyl (C=O) groups is 4. The van der Waals surface area contributed by atoms with Crippen LogP contribution in [0.5, 0.6) is 0 Å². The molecule has 0 aromatic heterocycles. The molecule has 2 aliphatic rings. The highest BCUT2D eigenvalue weighted by Gasteiger charge is 2.52. The molecule has 0 saturated carbocycles.